The second-order valence-electron chi connectivity index (χ2n) is 5.95. The van der Waals surface area contributed by atoms with Gasteiger partial charge in [0, 0.05) is 6.54 Å². The first kappa shape index (κ1) is 17.0. The lowest BCUT2D eigenvalue weighted by molar-refractivity contribution is -0.122. The topological polar surface area (TPSA) is 128 Å². The van der Waals surface area contributed by atoms with Crippen LogP contribution < -0.4 is 11.1 Å². The highest BCUT2D eigenvalue weighted by Gasteiger charge is 2.44. The minimum Gasteiger partial charge on any atom is -0.483 e. The third kappa shape index (κ3) is 4.79. The lowest BCUT2D eigenvalue weighted by Gasteiger charge is -2.31. The fraction of sp³-hybridized carbons (Fsp3) is 0.600. The summed E-state index contributed by atoms with van der Waals surface area (Å²) in [4.78, 5) is 19.2. The van der Waals surface area contributed by atoms with Crippen molar-refractivity contribution < 1.29 is 9.90 Å². The van der Waals surface area contributed by atoms with Crippen LogP contribution in [0.15, 0.2) is 6.20 Å². The molecule has 1 aromatic rings. The zero-order valence-electron chi connectivity index (χ0n) is 13.0. The molecule has 1 aromatic heterocycles. The molecule has 23 heavy (non-hydrogen) atoms. The summed E-state index contributed by atoms with van der Waals surface area (Å²) in [7, 11) is 0. The Morgan fingerprint density at radius 2 is 2.09 bits per heavy atom. The molecule has 1 saturated heterocycles. The number of piperidine rings is 1. The van der Waals surface area contributed by atoms with Gasteiger partial charge in [0.1, 0.15) is 17.5 Å². The zero-order chi connectivity index (χ0) is 16.7. The average molecular weight is 318 g/mol. The number of nitrogen functional groups attached to an aromatic ring is 1. The highest BCUT2D eigenvalue weighted by Crippen LogP contribution is 2.39. The maximum absolute atomic E-state index is 8.83. The first-order valence-corrected chi connectivity index (χ1v) is 7.73. The molecular formula is C15H22N6O2. The van der Waals surface area contributed by atoms with Gasteiger partial charge in [-0.3, -0.25) is 4.79 Å². The Kier molecular flexibility index (Phi) is 5.71. The van der Waals surface area contributed by atoms with E-state index in [4.69, 9.17) is 20.9 Å². The molecule has 8 nitrogen and oxygen atoms in total. The third-order valence-corrected chi connectivity index (χ3v) is 4.14. The highest BCUT2D eigenvalue weighted by molar-refractivity contribution is 5.50. The molecule has 2 aliphatic rings. The molecule has 0 amide bonds. The number of nitriles is 1. The lowest BCUT2D eigenvalue weighted by atomic mass is 10.1. The van der Waals surface area contributed by atoms with Gasteiger partial charge in [0.05, 0.1) is 11.7 Å². The van der Waals surface area contributed by atoms with Crippen molar-refractivity contribution in [3.63, 3.8) is 0 Å². The minimum atomic E-state index is -0.250. The van der Waals surface area contributed by atoms with E-state index in [9.17, 15) is 0 Å². The smallest absolute Gasteiger partial charge is 0.290 e. The van der Waals surface area contributed by atoms with Crippen molar-refractivity contribution in [2.45, 2.75) is 37.6 Å². The standard InChI is InChI=1S/C14H20N6.CH2O2/c15-8-11-9-17-13(18-12(11)16)19-14(4-5-14)10-20-6-2-1-3-7-20;2-1-3/h9H,1-7,10H2,(H3,16,17,18,19);1H,(H,2,3). The van der Waals surface area contributed by atoms with E-state index in [0.29, 0.717) is 11.5 Å². The number of carboxylic acid groups (broad SMARTS) is 1. The van der Waals surface area contributed by atoms with Gasteiger partial charge in [-0.15, -0.1) is 0 Å². The number of hydrogen-bond donors (Lipinski definition) is 3. The Hall–Kier alpha value is -2.40. The zero-order valence-corrected chi connectivity index (χ0v) is 13.0. The maximum Gasteiger partial charge on any atom is 0.290 e. The van der Waals surface area contributed by atoms with Crippen LogP contribution in [0.4, 0.5) is 11.8 Å². The summed E-state index contributed by atoms with van der Waals surface area (Å²) < 4.78 is 0. The van der Waals surface area contributed by atoms with Crippen LogP contribution in [0.5, 0.6) is 0 Å². The predicted octanol–water partition coefficient (Wildman–Crippen LogP) is 1.06. The van der Waals surface area contributed by atoms with E-state index in [0.717, 1.165) is 19.4 Å². The van der Waals surface area contributed by atoms with E-state index in [1.807, 2.05) is 6.07 Å². The van der Waals surface area contributed by atoms with Crippen LogP contribution >= 0.6 is 0 Å². The van der Waals surface area contributed by atoms with Crippen LogP contribution in [0.25, 0.3) is 0 Å². The average Bonchev–Trinajstić information content (AvgIpc) is 3.28. The molecule has 2 heterocycles. The van der Waals surface area contributed by atoms with Crippen LogP contribution in [0.3, 0.4) is 0 Å². The summed E-state index contributed by atoms with van der Waals surface area (Å²) in [5, 5.41) is 19.1. The number of nitrogens with one attached hydrogen (secondary N) is 1. The van der Waals surface area contributed by atoms with Crippen LogP contribution in [0.2, 0.25) is 0 Å². The molecule has 2 fully saturated rings. The molecule has 8 heteroatoms. The number of likely N-dealkylation sites (tertiary alicyclic amines) is 1. The molecule has 0 spiro atoms. The quantitative estimate of drug-likeness (QED) is 0.703. The molecule has 0 unspecified atom stereocenters. The lowest BCUT2D eigenvalue weighted by Crippen LogP contribution is -2.41. The molecule has 0 atom stereocenters. The number of nitrogens with two attached hydrogens (primary N) is 1. The Bertz CT molecular complexity index is 576. The Morgan fingerprint density at radius 1 is 1.43 bits per heavy atom. The van der Waals surface area contributed by atoms with Gasteiger partial charge >= 0.3 is 0 Å². The van der Waals surface area contributed by atoms with E-state index in [2.05, 4.69) is 20.2 Å². The number of aromatic nitrogens is 2. The van der Waals surface area contributed by atoms with Gasteiger partial charge in [0.15, 0.2) is 0 Å². The number of anilines is 2. The summed E-state index contributed by atoms with van der Waals surface area (Å²) in [6, 6.07) is 1.98. The largest absolute Gasteiger partial charge is 0.483 e. The summed E-state index contributed by atoms with van der Waals surface area (Å²) >= 11 is 0. The van der Waals surface area contributed by atoms with Crippen molar-refractivity contribution in [2.24, 2.45) is 0 Å². The van der Waals surface area contributed by atoms with Crippen LogP contribution in [-0.4, -0.2) is 51.6 Å². The van der Waals surface area contributed by atoms with Crippen LogP contribution in [-0.2, 0) is 4.79 Å². The normalized spacial score (nSPS) is 18.9. The van der Waals surface area contributed by atoms with Gasteiger partial charge in [0.25, 0.3) is 6.47 Å². The Labute approximate surface area is 135 Å². The Balaban J connectivity index is 0.000000595. The molecule has 1 aliphatic heterocycles. The van der Waals surface area contributed by atoms with Gasteiger partial charge in [-0.2, -0.15) is 10.2 Å². The van der Waals surface area contributed by atoms with Gasteiger partial charge < -0.3 is 21.1 Å². The van der Waals surface area contributed by atoms with Crippen molar-refractivity contribution in [1.82, 2.24) is 14.9 Å². The minimum absolute atomic E-state index is 0.109. The fourth-order valence-corrected chi connectivity index (χ4v) is 2.80. The first-order valence-electron chi connectivity index (χ1n) is 7.73. The summed E-state index contributed by atoms with van der Waals surface area (Å²) in [5.74, 6) is 0.787. The number of carbonyl (C=O) groups is 1. The predicted molar refractivity (Wildman–Crippen MR) is 85.7 cm³/mol. The second-order valence-corrected chi connectivity index (χ2v) is 5.95. The van der Waals surface area contributed by atoms with Gasteiger partial charge in [0.2, 0.25) is 5.95 Å². The molecular weight excluding hydrogens is 296 g/mol. The summed E-state index contributed by atoms with van der Waals surface area (Å²) in [6.07, 6.45) is 7.74. The SMILES string of the molecule is N#Cc1cnc(NC2(CN3CCCCC3)CC2)nc1N.O=CO. The van der Waals surface area contributed by atoms with Gasteiger partial charge in [-0.05, 0) is 38.8 Å². The fourth-order valence-electron chi connectivity index (χ4n) is 2.80. The first-order chi connectivity index (χ1) is 11.1. The number of nitrogens with zero attached hydrogens (tertiary/aromatic N) is 4. The van der Waals surface area contributed by atoms with Crippen LogP contribution in [0, 0.1) is 11.3 Å². The van der Waals surface area contributed by atoms with Crippen molar-refractivity contribution in [2.75, 3.05) is 30.7 Å². The highest BCUT2D eigenvalue weighted by atomic mass is 16.3. The molecule has 1 saturated carbocycles. The van der Waals surface area contributed by atoms with E-state index in [1.165, 1.54) is 38.5 Å². The van der Waals surface area contributed by atoms with Crippen molar-refractivity contribution >= 4 is 18.2 Å². The van der Waals surface area contributed by atoms with Gasteiger partial charge in [-0.25, -0.2) is 4.98 Å². The number of hydrogen-bond acceptors (Lipinski definition) is 7. The van der Waals surface area contributed by atoms with Crippen molar-refractivity contribution in [3.8, 4) is 6.07 Å². The van der Waals surface area contributed by atoms with E-state index in [-0.39, 0.29) is 17.8 Å². The molecule has 0 radical (unpaired) electrons. The summed E-state index contributed by atoms with van der Waals surface area (Å²) in [6.45, 7) is 3.19. The molecule has 0 bridgehead atoms. The monoisotopic (exact) mass is 318 g/mol. The second kappa shape index (κ2) is 7.74. The molecule has 124 valence electrons. The third-order valence-electron chi connectivity index (χ3n) is 4.14. The number of rotatable bonds is 4. The van der Waals surface area contributed by atoms with Gasteiger partial charge in [-0.1, -0.05) is 6.42 Å². The van der Waals surface area contributed by atoms with Crippen molar-refractivity contribution in [3.05, 3.63) is 11.8 Å². The van der Waals surface area contributed by atoms with E-state index >= 15 is 0 Å². The Morgan fingerprint density at radius 3 is 2.61 bits per heavy atom. The maximum atomic E-state index is 8.83. The molecule has 1 aliphatic carbocycles. The molecule has 3 rings (SSSR count). The summed E-state index contributed by atoms with van der Waals surface area (Å²) in [5.41, 5.74) is 6.17. The molecule has 4 N–H and O–H groups in total. The van der Waals surface area contributed by atoms with Crippen molar-refractivity contribution in [1.29, 1.82) is 5.26 Å². The van der Waals surface area contributed by atoms with E-state index in [1.54, 1.807) is 0 Å². The molecule has 0 aromatic carbocycles. The van der Waals surface area contributed by atoms with Crippen LogP contribution in [0.1, 0.15) is 37.7 Å². The van der Waals surface area contributed by atoms with E-state index < -0.39 is 0 Å².